The van der Waals surface area contributed by atoms with Gasteiger partial charge >= 0.3 is 5.97 Å². The fraction of sp³-hybridized carbons (Fsp3) is 0.391. The molecule has 0 spiro atoms. The van der Waals surface area contributed by atoms with Gasteiger partial charge in [0.25, 0.3) is 11.6 Å². The monoisotopic (exact) mass is 476 g/mol. The number of non-ortho nitro benzene ring substituents is 1. The number of hydrogen-bond donors (Lipinski definition) is 1. The van der Waals surface area contributed by atoms with Crippen LogP contribution in [0.3, 0.4) is 0 Å². The van der Waals surface area contributed by atoms with Crippen molar-refractivity contribution in [3.05, 3.63) is 46.0 Å². The van der Waals surface area contributed by atoms with E-state index in [2.05, 4.69) is 5.32 Å². The summed E-state index contributed by atoms with van der Waals surface area (Å²) < 4.78 is 27.2. The van der Waals surface area contributed by atoms with E-state index in [0.29, 0.717) is 37.1 Å². The third-order valence-corrected chi connectivity index (χ3v) is 4.45. The van der Waals surface area contributed by atoms with Crippen molar-refractivity contribution in [1.82, 2.24) is 0 Å². The van der Waals surface area contributed by atoms with Gasteiger partial charge in [0.15, 0.2) is 17.6 Å². The average Bonchev–Trinajstić information content (AvgIpc) is 2.80. The number of nitrogens with zero attached hydrogens (tertiary/aromatic N) is 1. The maximum atomic E-state index is 12.8. The molecule has 34 heavy (non-hydrogen) atoms. The summed E-state index contributed by atoms with van der Waals surface area (Å²) in [4.78, 5) is 35.9. The maximum absolute atomic E-state index is 12.8. The first-order valence-electron chi connectivity index (χ1n) is 10.7. The Balaban J connectivity index is 2.24. The van der Waals surface area contributed by atoms with E-state index in [1.807, 2.05) is 6.92 Å². The molecule has 184 valence electrons. The van der Waals surface area contributed by atoms with Gasteiger partial charge in [-0.1, -0.05) is 0 Å². The largest absolute Gasteiger partial charge is 0.495 e. The highest BCUT2D eigenvalue weighted by Gasteiger charge is 2.24. The number of ether oxygens (including phenoxy) is 5. The first kappa shape index (κ1) is 26.2. The van der Waals surface area contributed by atoms with Gasteiger partial charge in [-0.25, -0.2) is 4.79 Å². The number of benzene rings is 2. The highest BCUT2D eigenvalue weighted by Crippen LogP contribution is 2.39. The molecular weight excluding hydrogens is 448 g/mol. The highest BCUT2D eigenvalue weighted by molar-refractivity contribution is 5.98. The molecule has 0 fully saturated rings. The SMILES string of the molecule is CCOc1cc(C(=O)O[C@H](C)C(=O)Nc2cc([N+](=O)[O-])ccc2OC)cc(OCC)c1OCC. The van der Waals surface area contributed by atoms with Crippen molar-refractivity contribution in [2.24, 2.45) is 0 Å². The molecule has 0 aliphatic carbocycles. The molecule has 0 aromatic heterocycles. The molecule has 0 unspecified atom stereocenters. The van der Waals surface area contributed by atoms with Crippen LogP contribution in [0, 0.1) is 10.1 Å². The Morgan fingerprint density at radius 1 is 0.971 bits per heavy atom. The zero-order valence-electron chi connectivity index (χ0n) is 19.7. The number of rotatable bonds is 12. The van der Waals surface area contributed by atoms with Crippen molar-refractivity contribution in [2.75, 3.05) is 32.2 Å². The number of nitrogens with one attached hydrogen (secondary N) is 1. The summed E-state index contributed by atoms with van der Waals surface area (Å²) in [5.41, 5.74) is -0.0621. The van der Waals surface area contributed by atoms with Crippen molar-refractivity contribution < 1.29 is 38.2 Å². The van der Waals surface area contributed by atoms with Gasteiger partial charge in [0.2, 0.25) is 5.75 Å². The molecule has 0 aliphatic rings. The highest BCUT2D eigenvalue weighted by atomic mass is 16.6. The molecule has 1 N–H and O–H groups in total. The lowest BCUT2D eigenvalue weighted by molar-refractivity contribution is -0.384. The lowest BCUT2D eigenvalue weighted by atomic mass is 10.1. The quantitative estimate of drug-likeness (QED) is 0.274. The minimum atomic E-state index is -1.23. The van der Waals surface area contributed by atoms with E-state index in [4.69, 9.17) is 23.7 Å². The second-order valence-electron chi connectivity index (χ2n) is 6.78. The summed E-state index contributed by atoms with van der Waals surface area (Å²) in [5.74, 6) is -0.300. The van der Waals surface area contributed by atoms with E-state index < -0.39 is 22.9 Å². The predicted molar refractivity (Wildman–Crippen MR) is 123 cm³/mol. The number of nitro groups is 1. The average molecular weight is 476 g/mol. The summed E-state index contributed by atoms with van der Waals surface area (Å²) in [6.45, 7) is 7.78. The second kappa shape index (κ2) is 12.3. The van der Waals surface area contributed by atoms with Gasteiger partial charge in [-0.15, -0.1) is 0 Å². The first-order valence-corrected chi connectivity index (χ1v) is 10.7. The van der Waals surface area contributed by atoms with Crippen molar-refractivity contribution in [1.29, 1.82) is 0 Å². The Hall–Kier alpha value is -4.02. The Labute approximate surface area is 197 Å². The minimum Gasteiger partial charge on any atom is -0.495 e. The van der Waals surface area contributed by atoms with Gasteiger partial charge in [-0.05, 0) is 45.9 Å². The van der Waals surface area contributed by atoms with Gasteiger partial charge in [0, 0.05) is 12.1 Å². The molecule has 2 aromatic carbocycles. The van der Waals surface area contributed by atoms with Crippen LogP contribution in [-0.4, -0.2) is 49.8 Å². The van der Waals surface area contributed by atoms with Crippen LogP contribution in [-0.2, 0) is 9.53 Å². The fourth-order valence-electron chi connectivity index (χ4n) is 2.93. The van der Waals surface area contributed by atoms with E-state index in [1.165, 1.54) is 38.3 Å². The first-order chi connectivity index (χ1) is 16.2. The van der Waals surface area contributed by atoms with E-state index in [1.54, 1.807) is 13.8 Å². The summed E-state index contributed by atoms with van der Waals surface area (Å²) in [7, 11) is 1.36. The summed E-state index contributed by atoms with van der Waals surface area (Å²) in [5, 5.41) is 13.5. The Bertz CT molecular complexity index is 1010. The normalized spacial score (nSPS) is 11.2. The number of methoxy groups -OCH3 is 1. The number of anilines is 1. The molecule has 11 nitrogen and oxygen atoms in total. The van der Waals surface area contributed by atoms with Crippen molar-refractivity contribution >= 4 is 23.3 Å². The van der Waals surface area contributed by atoms with Crippen LogP contribution in [0.25, 0.3) is 0 Å². The van der Waals surface area contributed by atoms with E-state index in [0.717, 1.165) is 6.07 Å². The van der Waals surface area contributed by atoms with E-state index in [-0.39, 0.29) is 22.7 Å². The molecule has 1 atom stereocenters. The van der Waals surface area contributed by atoms with Crippen molar-refractivity contribution in [2.45, 2.75) is 33.8 Å². The molecule has 0 heterocycles. The third-order valence-electron chi connectivity index (χ3n) is 4.45. The smallest absolute Gasteiger partial charge is 0.339 e. The lowest BCUT2D eigenvalue weighted by Gasteiger charge is -2.18. The molecule has 0 radical (unpaired) electrons. The molecule has 2 aromatic rings. The van der Waals surface area contributed by atoms with Gasteiger partial charge in [-0.2, -0.15) is 0 Å². The lowest BCUT2D eigenvalue weighted by Crippen LogP contribution is -2.30. The molecule has 0 aliphatic heterocycles. The number of hydrogen-bond acceptors (Lipinski definition) is 9. The molecule has 0 saturated carbocycles. The Morgan fingerprint density at radius 3 is 2.06 bits per heavy atom. The van der Waals surface area contributed by atoms with Crippen molar-refractivity contribution in [3.63, 3.8) is 0 Å². The number of carbonyl (C=O) groups excluding carboxylic acids is 2. The number of nitro benzene ring substituents is 1. The molecular formula is C23H28N2O9. The van der Waals surface area contributed by atoms with Crippen LogP contribution < -0.4 is 24.3 Å². The van der Waals surface area contributed by atoms with Crippen LogP contribution in [0.4, 0.5) is 11.4 Å². The second-order valence-corrected chi connectivity index (χ2v) is 6.78. The van der Waals surface area contributed by atoms with Crippen LogP contribution in [0.5, 0.6) is 23.0 Å². The van der Waals surface area contributed by atoms with Crippen LogP contribution in [0.1, 0.15) is 38.1 Å². The molecule has 1 amide bonds. The van der Waals surface area contributed by atoms with Crippen molar-refractivity contribution in [3.8, 4) is 23.0 Å². The summed E-state index contributed by atoms with van der Waals surface area (Å²) in [6, 6.07) is 6.66. The summed E-state index contributed by atoms with van der Waals surface area (Å²) >= 11 is 0. The van der Waals surface area contributed by atoms with E-state index >= 15 is 0 Å². The third kappa shape index (κ3) is 6.50. The van der Waals surface area contributed by atoms with Gasteiger partial charge < -0.3 is 29.0 Å². The molecule has 0 saturated heterocycles. The number of amides is 1. The molecule has 0 bridgehead atoms. The van der Waals surface area contributed by atoms with Crippen LogP contribution in [0.15, 0.2) is 30.3 Å². The van der Waals surface area contributed by atoms with E-state index in [9.17, 15) is 19.7 Å². The standard InChI is InChI=1S/C23H28N2O9/c1-6-31-19-11-15(12-20(32-7-2)21(19)33-8-3)23(27)34-14(4)22(26)24-17-13-16(25(28)29)9-10-18(17)30-5/h9-14H,6-8H2,1-5H3,(H,24,26)/t14-/m1/s1. The predicted octanol–water partition coefficient (Wildman–Crippen LogP) is 3.98. The zero-order valence-corrected chi connectivity index (χ0v) is 19.7. The number of carbonyl (C=O) groups is 2. The fourth-order valence-corrected chi connectivity index (χ4v) is 2.93. The minimum absolute atomic E-state index is 0.0722. The summed E-state index contributed by atoms with van der Waals surface area (Å²) in [6.07, 6.45) is -1.23. The van der Waals surface area contributed by atoms with Gasteiger partial charge in [-0.3, -0.25) is 14.9 Å². The van der Waals surface area contributed by atoms with Crippen LogP contribution >= 0.6 is 0 Å². The topological polar surface area (TPSA) is 135 Å². The molecule has 2 rings (SSSR count). The number of esters is 1. The van der Waals surface area contributed by atoms with Gasteiger partial charge in [0.05, 0.1) is 43.1 Å². The zero-order chi connectivity index (χ0) is 25.3. The van der Waals surface area contributed by atoms with Gasteiger partial charge in [0.1, 0.15) is 5.75 Å². The molecule has 11 heteroatoms. The van der Waals surface area contributed by atoms with Crippen LogP contribution in [0.2, 0.25) is 0 Å². The Kier molecular flexibility index (Phi) is 9.48. The Morgan fingerprint density at radius 2 is 1.56 bits per heavy atom. The maximum Gasteiger partial charge on any atom is 0.339 e.